The van der Waals surface area contributed by atoms with Gasteiger partial charge in [-0.25, -0.2) is 5.43 Å². The highest BCUT2D eigenvalue weighted by Gasteiger charge is 2.36. The van der Waals surface area contributed by atoms with Gasteiger partial charge in [0.1, 0.15) is 0 Å². The molecule has 0 unspecified atom stereocenters. The molecule has 0 aliphatic heterocycles. The van der Waals surface area contributed by atoms with Gasteiger partial charge in [-0.15, -0.1) is 6.58 Å². The van der Waals surface area contributed by atoms with Crippen molar-refractivity contribution >= 4 is 5.91 Å². The molecule has 0 saturated heterocycles. The molecule has 2 rings (SSSR count). The molecule has 1 aromatic heterocycles. The van der Waals surface area contributed by atoms with Crippen LogP contribution in [-0.4, -0.2) is 16.4 Å². The number of carbonyl (C=O) groups excluding carboxylic acids is 1. The lowest BCUT2D eigenvalue weighted by Gasteiger charge is -2.29. The van der Waals surface area contributed by atoms with Gasteiger partial charge in [0.25, 0.3) is 5.91 Å². The lowest BCUT2D eigenvalue weighted by molar-refractivity contribution is -0.138. The molecular weight excluding hydrogens is 295 g/mol. The lowest BCUT2D eigenvalue weighted by atomic mass is 9.94. The Bertz CT molecular complexity index is 551. The first-order chi connectivity index (χ1) is 10.4. The Morgan fingerprint density at radius 2 is 2.09 bits per heavy atom. The van der Waals surface area contributed by atoms with Crippen molar-refractivity contribution in [1.82, 2.24) is 15.8 Å². The summed E-state index contributed by atoms with van der Waals surface area (Å²) >= 11 is 0. The van der Waals surface area contributed by atoms with E-state index < -0.39 is 23.2 Å². The van der Waals surface area contributed by atoms with Crippen LogP contribution in [-0.2, 0) is 6.18 Å². The summed E-state index contributed by atoms with van der Waals surface area (Å²) in [5, 5.41) is 0. The van der Waals surface area contributed by atoms with Gasteiger partial charge in [0, 0.05) is 17.9 Å². The van der Waals surface area contributed by atoms with Gasteiger partial charge in [-0.3, -0.25) is 15.2 Å². The van der Waals surface area contributed by atoms with Crippen molar-refractivity contribution in [3.05, 3.63) is 42.2 Å². The summed E-state index contributed by atoms with van der Waals surface area (Å²) in [4.78, 5) is 15.7. The fourth-order valence-corrected chi connectivity index (χ4v) is 2.79. The molecule has 0 atom stereocenters. The number of halogens is 3. The van der Waals surface area contributed by atoms with E-state index in [9.17, 15) is 18.0 Å². The number of nitrogens with zero attached hydrogens (tertiary/aromatic N) is 1. The fourth-order valence-electron chi connectivity index (χ4n) is 2.79. The number of nitrogens with one attached hydrogen (secondary N) is 2. The van der Waals surface area contributed by atoms with Gasteiger partial charge in [-0.1, -0.05) is 18.9 Å². The van der Waals surface area contributed by atoms with Crippen molar-refractivity contribution in [3.8, 4) is 0 Å². The zero-order chi connectivity index (χ0) is 16.2. The number of hydrogen-bond acceptors (Lipinski definition) is 3. The van der Waals surface area contributed by atoms with Crippen molar-refractivity contribution in [2.45, 2.75) is 43.8 Å². The normalized spacial score (nSPS) is 17.2. The summed E-state index contributed by atoms with van der Waals surface area (Å²) in [5.74, 6) is -0.837. The molecule has 22 heavy (non-hydrogen) atoms. The summed E-state index contributed by atoms with van der Waals surface area (Å²) in [6, 6.07) is 0.796. The average Bonchev–Trinajstić information content (AvgIpc) is 2.93. The molecular formula is C15H18F3N3O. The Morgan fingerprint density at radius 3 is 2.68 bits per heavy atom. The van der Waals surface area contributed by atoms with E-state index in [1.807, 2.05) is 0 Å². The minimum atomic E-state index is -4.60. The molecule has 2 N–H and O–H groups in total. The Morgan fingerprint density at radius 1 is 1.41 bits per heavy atom. The van der Waals surface area contributed by atoms with Crippen LogP contribution < -0.4 is 10.9 Å². The fraction of sp³-hybridized carbons (Fsp3) is 0.467. The Kier molecular flexibility index (Phi) is 4.85. The number of alkyl halides is 3. The number of hydrogen-bond donors (Lipinski definition) is 2. The van der Waals surface area contributed by atoms with Crippen molar-refractivity contribution < 1.29 is 18.0 Å². The van der Waals surface area contributed by atoms with Gasteiger partial charge in [-0.05, 0) is 25.3 Å². The molecule has 0 aromatic carbocycles. The highest BCUT2D eigenvalue weighted by atomic mass is 19.4. The SMILES string of the molecule is C=CCC1(NNC(=O)c2cnccc2C(F)(F)F)CCCC1. The van der Waals surface area contributed by atoms with E-state index >= 15 is 0 Å². The second-order valence-corrected chi connectivity index (χ2v) is 5.48. The highest BCUT2D eigenvalue weighted by molar-refractivity contribution is 5.95. The van der Waals surface area contributed by atoms with E-state index in [0.29, 0.717) is 6.42 Å². The van der Waals surface area contributed by atoms with Crippen molar-refractivity contribution in [1.29, 1.82) is 0 Å². The number of aromatic nitrogens is 1. The van der Waals surface area contributed by atoms with Gasteiger partial charge >= 0.3 is 6.18 Å². The number of pyridine rings is 1. The van der Waals surface area contributed by atoms with E-state index in [2.05, 4.69) is 22.4 Å². The summed E-state index contributed by atoms with van der Waals surface area (Å²) in [6.45, 7) is 3.69. The highest BCUT2D eigenvalue weighted by Crippen LogP contribution is 2.33. The summed E-state index contributed by atoms with van der Waals surface area (Å²) in [6.07, 6.45) is 3.45. The van der Waals surface area contributed by atoms with Gasteiger partial charge in [0.15, 0.2) is 0 Å². The second kappa shape index (κ2) is 6.48. The van der Waals surface area contributed by atoms with Gasteiger partial charge in [0.05, 0.1) is 11.1 Å². The van der Waals surface area contributed by atoms with Crippen molar-refractivity contribution in [2.24, 2.45) is 0 Å². The Labute approximate surface area is 126 Å². The van der Waals surface area contributed by atoms with E-state index in [4.69, 9.17) is 0 Å². The topological polar surface area (TPSA) is 54.0 Å². The van der Waals surface area contributed by atoms with Crippen LogP contribution in [0.5, 0.6) is 0 Å². The molecule has 1 aromatic rings. The van der Waals surface area contributed by atoms with E-state index in [1.54, 1.807) is 6.08 Å². The van der Waals surface area contributed by atoms with Crippen molar-refractivity contribution in [2.75, 3.05) is 0 Å². The molecule has 1 heterocycles. The molecule has 0 bridgehead atoms. The quantitative estimate of drug-likeness (QED) is 0.648. The predicted molar refractivity (Wildman–Crippen MR) is 75.9 cm³/mol. The number of carbonyl (C=O) groups is 1. The van der Waals surface area contributed by atoms with Gasteiger partial charge in [-0.2, -0.15) is 13.2 Å². The number of hydrazine groups is 1. The average molecular weight is 313 g/mol. The predicted octanol–water partition coefficient (Wildman–Crippen LogP) is 3.22. The lowest BCUT2D eigenvalue weighted by Crippen LogP contribution is -2.52. The van der Waals surface area contributed by atoms with E-state index in [1.165, 1.54) is 0 Å². The monoisotopic (exact) mass is 313 g/mol. The first-order valence-electron chi connectivity index (χ1n) is 7.08. The summed E-state index contributed by atoms with van der Waals surface area (Å²) in [5.41, 5.74) is 3.50. The largest absolute Gasteiger partial charge is 0.417 e. The van der Waals surface area contributed by atoms with Gasteiger partial charge in [0.2, 0.25) is 0 Å². The van der Waals surface area contributed by atoms with Gasteiger partial charge < -0.3 is 0 Å². The molecule has 4 nitrogen and oxygen atoms in total. The van der Waals surface area contributed by atoms with E-state index in [-0.39, 0.29) is 5.54 Å². The third-order valence-electron chi connectivity index (χ3n) is 3.91. The molecule has 1 aliphatic carbocycles. The third kappa shape index (κ3) is 3.65. The molecule has 0 spiro atoms. The van der Waals surface area contributed by atoms with Crippen LogP contribution >= 0.6 is 0 Å². The molecule has 1 amide bonds. The van der Waals surface area contributed by atoms with Crippen LogP contribution in [0.25, 0.3) is 0 Å². The first kappa shape index (κ1) is 16.5. The van der Waals surface area contributed by atoms with Crippen LogP contribution in [0.3, 0.4) is 0 Å². The minimum absolute atomic E-state index is 0.321. The maximum absolute atomic E-state index is 12.9. The minimum Gasteiger partial charge on any atom is -0.287 e. The summed E-state index contributed by atoms with van der Waals surface area (Å²) in [7, 11) is 0. The maximum Gasteiger partial charge on any atom is 0.417 e. The van der Waals surface area contributed by atoms with Crippen LogP contribution in [0.1, 0.15) is 48.0 Å². The first-order valence-corrected chi connectivity index (χ1v) is 7.08. The molecule has 1 saturated carbocycles. The molecule has 1 fully saturated rings. The molecule has 120 valence electrons. The number of amides is 1. The van der Waals surface area contributed by atoms with Crippen molar-refractivity contribution in [3.63, 3.8) is 0 Å². The van der Waals surface area contributed by atoms with E-state index in [0.717, 1.165) is 44.1 Å². The number of rotatable bonds is 5. The maximum atomic E-state index is 12.9. The van der Waals surface area contributed by atoms with Crippen LogP contribution in [0, 0.1) is 0 Å². The van der Waals surface area contributed by atoms with Crippen LogP contribution in [0.15, 0.2) is 31.1 Å². The smallest absolute Gasteiger partial charge is 0.287 e. The molecule has 7 heteroatoms. The van der Waals surface area contributed by atoms with Crippen LogP contribution in [0.2, 0.25) is 0 Å². The zero-order valence-corrected chi connectivity index (χ0v) is 12.0. The second-order valence-electron chi connectivity index (χ2n) is 5.48. The summed E-state index contributed by atoms with van der Waals surface area (Å²) < 4.78 is 38.7. The standard InChI is InChI=1S/C15H18F3N3O/c1-2-6-14(7-3-4-8-14)21-20-13(22)11-10-19-9-5-12(11)15(16,17)18/h2,5,9-10,21H,1,3-4,6-8H2,(H,20,22). The third-order valence-corrected chi connectivity index (χ3v) is 3.91. The molecule has 1 aliphatic rings. The molecule has 0 radical (unpaired) electrons. The Balaban J connectivity index is 2.11. The Hall–Kier alpha value is -1.89. The van der Waals surface area contributed by atoms with Crippen LogP contribution in [0.4, 0.5) is 13.2 Å². The zero-order valence-electron chi connectivity index (χ0n) is 12.0.